The summed E-state index contributed by atoms with van der Waals surface area (Å²) >= 11 is 0. The Kier molecular flexibility index (Phi) is 2.98. The molecule has 1 unspecified atom stereocenters. The summed E-state index contributed by atoms with van der Waals surface area (Å²) in [6.45, 7) is 6.12. The van der Waals surface area contributed by atoms with Crippen LogP contribution in [0.15, 0.2) is 36.5 Å². The van der Waals surface area contributed by atoms with Gasteiger partial charge in [-0.2, -0.15) is 0 Å². The lowest BCUT2D eigenvalue weighted by molar-refractivity contribution is -0.124. The summed E-state index contributed by atoms with van der Waals surface area (Å²) in [5, 5.41) is 7.70. The van der Waals surface area contributed by atoms with Gasteiger partial charge in [-0.15, -0.1) is 0 Å². The van der Waals surface area contributed by atoms with Crippen molar-refractivity contribution in [1.82, 2.24) is 15.6 Å². The van der Waals surface area contributed by atoms with E-state index in [0.29, 0.717) is 11.8 Å². The van der Waals surface area contributed by atoms with E-state index >= 15 is 0 Å². The third-order valence-corrected chi connectivity index (χ3v) is 5.15. The van der Waals surface area contributed by atoms with Crippen LogP contribution < -0.4 is 10.6 Å². The maximum Gasteiger partial charge on any atom is 0.224 e. The van der Waals surface area contributed by atoms with Gasteiger partial charge >= 0.3 is 0 Å². The van der Waals surface area contributed by atoms with Crippen molar-refractivity contribution < 1.29 is 4.79 Å². The molecule has 4 heteroatoms. The van der Waals surface area contributed by atoms with Crippen molar-refractivity contribution in [3.63, 3.8) is 0 Å². The van der Waals surface area contributed by atoms with Gasteiger partial charge in [-0.3, -0.25) is 9.78 Å². The molecule has 2 aromatic rings. The molecular weight excluding hydrogens is 274 g/mol. The van der Waals surface area contributed by atoms with Crippen molar-refractivity contribution >= 4 is 16.8 Å². The third kappa shape index (κ3) is 2.10. The first kappa shape index (κ1) is 13.7. The maximum atomic E-state index is 12.6. The van der Waals surface area contributed by atoms with E-state index in [1.54, 1.807) is 0 Å². The van der Waals surface area contributed by atoms with Gasteiger partial charge in [-0.1, -0.05) is 18.2 Å². The summed E-state index contributed by atoms with van der Waals surface area (Å²) in [6.07, 6.45) is 1.82. The Labute approximate surface area is 130 Å². The van der Waals surface area contributed by atoms with E-state index in [9.17, 15) is 4.79 Å². The van der Waals surface area contributed by atoms with Gasteiger partial charge in [0.05, 0.1) is 11.1 Å². The van der Waals surface area contributed by atoms with Crippen LogP contribution in [0.1, 0.15) is 19.4 Å². The Morgan fingerprint density at radius 3 is 2.73 bits per heavy atom. The zero-order valence-corrected chi connectivity index (χ0v) is 13.0. The maximum absolute atomic E-state index is 12.6. The lowest BCUT2D eigenvalue weighted by Crippen LogP contribution is -2.43. The topological polar surface area (TPSA) is 54.0 Å². The highest BCUT2D eigenvalue weighted by atomic mass is 16.2. The van der Waals surface area contributed by atoms with Crippen LogP contribution in [0.2, 0.25) is 0 Å². The Hall–Kier alpha value is -1.94. The van der Waals surface area contributed by atoms with Crippen LogP contribution in [0.25, 0.3) is 10.9 Å². The van der Waals surface area contributed by atoms with Crippen LogP contribution >= 0.6 is 0 Å². The average molecular weight is 295 g/mol. The summed E-state index contributed by atoms with van der Waals surface area (Å²) < 4.78 is 0. The largest absolute Gasteiger partial charge is 0.347 e. The van der Waals surface area contributed by atoms with Gasteiger partial charge in [-0.25, -0.2) is 0 Å². The zero-order valence-electron chi connectivity index (χ0n) is 13.0. The molecule has 2 heterocycles. The molecule has 22 heavy (non-hydrogen) atoms. The molecule has 1 aromatic carbocycles. The molecule has 1 aliphatic heterocycles. The van der Waals surface area contributed by atoms with Gasteiger partial charge < -0.3 is 10.6 Å². The van der Waals surface area contributed by atoms with E-state index in [4.69, 9.17) is 0 Å². The van der Waals surface area contributed by atoms with E-state index in [2.05, 4.69) is 35.5 Å². The molecule has 114 valence electrons. The first-order chi connectivity index (χ1) is 10.6. The molecule has 3 atom stereocenters. The van der Waals surface area contributed by atoms with Crippen LogP contribution in [0.3, 0.4) is 0 Å². The number of nitrogens with one attached hydrogen (secondary N) is 2. The fraction of sp³-hybridized carbons (Fsp3) is 0.444. The van der Waals surface area contributed by atoms with E-state index < -0.39 is 5.54 Å². The van der Waals surface area contributed by atoms with Crippen molar-refractivity contribution in [2.45, 2.75) is 19.4 Å². The normalized spacial score (nSPS) is 26.7. The number of aromatic nitrogens is 1. The number of hydrogen-bond acceptors (Lipinski definition) is 3. The van der Waals surface area contributed by atoms with Gasteiger partial charge in [-0.05, 0) is 56.5 Å². The summed E-state index contributed by atoms with van der Waals surface area (Å²) in [5.41, 5.74) is 1.69. The summed E-state index contributed by atoms with van der Waals surface area (Å²) in [4.78, 5) is 17.0. The minimum absolute atomic E-state index is 0.197. The molecule has 0 radical (unpaired) electrons. The monoisotopic (exact) mass is 295 g/mol. The number of hydrogen-bond donors (Lipinski definition) is 2. The van der Waals surface area contributed by atoms with Gasteiger partial charge in [0.2, 0.25) is 5.91 Å². The zero-order chi connectivity index (χ0) is 15.3. The van der Waals surface area contributed by atoms with Crippen molar-refractivity contribution in [3.8, 4) is 0 Å². The molecule has 1 aliphatic carbocycles. The van der Waals surface area contributed by atoms with Crippen molar-refractivity contribution in [2.75, 3.05) is 13.1 Å². The van der Waals surface area contributed by atoms with Gasteiger partial charge in [0, 0.05) is 17.5 Å². The molecular formula is C18H21N3O. The molecule has 4 nitrogen and oxygen atoms in total. The quantitative estimate of drug-likeness (QED) is 0.911. The van der Waals surface area contributed by atoms with E-state index in [1.165, 1.54) is 0 Å². The second kappa shape index (κ2) is 4.78. The summed E-state index contributed by atoms with van der Waals surface area (Å²) in [7, 11) is 0. The SMILES string of the molecule is CC(C)(NC(=O)C1[C@H]2CNC[C@@H]12)c1ccnc2ccccc12. The fourth-order valence-corrected chi connectivity index (χ4v) is 3.91. The van der Waals surface area contributed by atoms with E-state index in [1.807, 2.05) is 30.5 Å². The third-order valence-electron chi connectivity index (χ3n) is 5.15. The number of nitrogens with zero attached hydrogens (tertiary/aromatic N) is 1. The van der Waals surface area contributed by atoms with E-state index in [-0.39, 0.29) is 11.8 Å². The fourth-order valence-electron chi connectivity index (χ4n) is 3.91. The Balaban J connectivity index is 1.61. The highest BCUT2D eigenvalue weighted by molar-refractivity contribution is 5.86. The first-order valence-electron chi connectivity index (χ1n) is 7.95. The molecule has 1 saturated carbocycles. The number of fused-ring (bicyclic) bond motifs is 2. The average Bonchev–Trinajstić information content (AvgIpc) is 3.00. The molecule has 0 spiro atoms. The van der Waals surface area contributed by atoms with E-state index in [0.717, 1.165) is 29.6 Å². The molecule has 4 rings (SSSR count). The number of carbonyl (C=O) groups excluding carboxylic acids is 1. The Morgan fingerprint density at radius 1 is 1.23 bits per heavy atom. The number of benzene rings is 1. The highest BCUT2D eigenvalue weighted by Crippen LogP contribution is 2.49. The number of rotatable bonds is 3. The minimum Gasteiger partial charge on any atom is -0.347 e. The van der Waals surface area contributed by atoms with Crippen LogP contribution in [0.5, 0.6) is 0 Å². The van der Waals surface area contributed by atoms with Crippen molar-refractivity contribution in [1.29, 1.82) is 0 Å². The Morgan fingerprint density at radius 2 is 1.95 bits per heavy atom. The predicted octanol–water partition coefficient (Wildman–Crippen LogP) is 2.05. The van der Waals surface area contributed by atoms with Crippen molar-refractivity contribution in [3.05, 3.63) is 42.1 Å². The number of carbonyl (C=O) groups is 1. The molecule has 0 bridgehead atoms. The standard InChI is InChI=1S/C18H21N3O/c1-18(2,21-17(22)16-12-9-19-10-13(12)16)14-7-8-20-15-6-4-3-5-11(14)15/h3-8,12-13,16,19H,9-10H2,1-2H3,(H,21,22)/t12-,13+,16?. The Bertz CT molecular complexity index is 725. The summed E-state index contributed by atoms with van der Waals surface area (Å²) in [6, 6.07) is 10.1. The van der Waals surface area contributed by atoms with Gasteiger partial charge in [0.25, 0.3) is 0 Å². The van der Waals surface area contributed by atoms with Gasteiger partial charge in [0.15, 0.2) is 0 Å². The summed E-state index contributed by atoms with van der Waals surface area (Å²) in [5.74, 6) is 1.49. The lowest BCUT2D eigenvalue weighted by atomic mass is 9.91. The van der Waals surface area contributed by atoms with Crippen LogP contribution in [-0.2, 0) is 10.3 Å². The minimum atomic E-state index is -0.399. The molecule has 2 N–H and O–H groups in total. The number of piperidine rings is 1. The lowest BCUT2D eigenvalue weighted by Gasteiger charge is -2.28. The van der Waals surface area contributed by atoms with Crippen LogP contribution in [-0.4, -0.2) is 24.0 Å². The first-order valence-corrected chi connectivity index (χ1v) is 7.95. The molecule has 2 fully saturated rings. The predicted molar refractivity (Wildman–Crippen MR) is 86.3 cm³/mol. The molecule has 1 aromatic heterocycles. The number of amides is 1. The molecule has 1 saturated heterocycles. The van der Waals surface area contributed by atoms with Crippen LogP contribution in [0.4, 0.5) is 0 Å². The second-order valence-electron chi connectivity index (χ2n) is 7.00. The number of para-hydroxylation sites is 1. The van der Waals surface area contributed by atoms with Gasteiger partial charge in [0.1, 0.15) is 0 Å². The van der Waals surface area contributed by atoms with Crippen molar-refractivity contribution in [2.24, 2.45) is 17.8 Å². The van der Waals surface area contributed by atoms with Crippen LogP contribution in [0, 0.1) is 17.8 Å². The molecule has 1 amide bonds. The second-order valence-corrected chi connectivity index (χ2v) is 7.00. The highest BCUT2D eigenvalue weighted by Gasteiger charge is 2.57. The smallest absolute Gasteiger partial charge is 0.224 e. The number of pyridine rings is 1. The molecule has 2 aliphatic rings.